The highest BCUT2D eigenvalue weighted by Crippen LogP contribution is 2.30. The van der Waals surface area contributed by atoms with E-state index in [1.807, 2.05) is 18.2 Å². The van der Waals surface area contributed by atoms with Gasteiger partial charge in [-0.25, -0.2) is 0 Å². The van der Waals surface area contributed by atoms with Gasteiger partial charge in [0.1, 0.15) is 0 Å². The van der Waals surface area contributed by atoms with Crippen LogP contribution in [0.3, 0.4) is 0 Å². The zero-order chi connectivity index (χ0) is 21.8. The lowest BCUT2D eigenvalue weighted by molar-refractivity contribution is 0.269. The van der Waals surface area contributed by atoms with Gasteiger partial charge in [0.2, 0.25) is 5.82 Å². The fourth-order valence-corrected chi connectivity index (χ4v) is 4.18. The number of hydrogen-bond donors (Lipinski definition) is 2. The minimum absolute atomic E-state index is 0.0629. The van der Waals surface area contributed by atoms with E-state index < -0.39 is 0 Å². The van der Waals surface area contributed by atoms with Crippen molar-refractivity contribution in [2.75, 3.05) is 0 Å². The molecule has 2 N–H and O–H groups in total. The Kier molecular flexibility index (Phi) is 6.28. The van der Waals surface area contributed by atoms with Gasteiger partial charge in [0.05, 0.1) is 6.61 Å². The van der Waals surface area contributed by atoms with Crippen LogP contribution in [0.15, 0.2) is 54.6 Å². The molecule has 2 aromatic carbocycles. The van der Waals surface area contributed by atoms with E-state index in [0.717, 1.165) is 41.8 Å². The number of nitrogens with zero attached hydrogens (tertiary/aromatic N) is 4. The van der Waals surface area contributed by atoms with Crippen LogP contribution >= 0.6 is 0 Å². The molecule has 4 aromatic rings. The molecule has 0 unspecified atom stereocenters. The van der Waals surface area contributed by atoms with E-state index in [0.29, 0.717) is 11.7 Å². The van der Waals surface area contributed by atoms with Crippen molar-refractivity contribution in [3.05, 3.63) is 77.1 Å². The first-order chi connectivity index (χ1) is 15.1. The second kappa shape index (κ2) is 9.27. The summed E-state index contributed by atoms with van der Waals surface area (Å²) in [6.45, 7) is 7.38. The van der Waals surface area contributed by atoms with E-state index >= 15 is 0 Å². The highest BCUT2D eigenvalue weighted by molar-refractivity contribution is 5.80. The molecule has 0 saturated carbocycles. The minimum Gasteiger partial charge on any atom is -0.390 e. The molecule has 0 amide bonds. The van der Waals surface area contributed by atoms with Crippen molar-refractivity contribution in [2.24, 2.45) is 0 Å². The first kappa shape index (κ1) is 21.0. The van der Waals surface area contributed by atoms with Crippen LogP contribution in [0.5, 0.6) is 0 Å². The first-order valence-corrected chi connectivity index (χ1v) is 10.9. The Balaban J connectivity index is 1.65. The van der Waals surface area contributed by atoms with Crippen molar-refractivity contribution in [1.29, 1.82) is 0 Å². The number of aromatic nitrogens is 5. The number of rotatable bonds is 8. The van der Waals surface area contributed by atoms with Crippen molar-refractivity contribution in [2.45, 2.75) is 52.7 Å². The van der Waals surface area contributed by atoms with Crippen molar-refractivity contribution >= 4 is 0 Å². The number of aryl methyl sites for hydroxylation is 1. The molecule has 0 saturated heterocycles. The Morgan fingerprint density at radius 3 is 2.39 bits per heavy atom. The third-order valence-electron chi connectivity index (χ3n) is 5.72. The molecule has 2 aromatic heterocycles. The standard InChI is InChI=1S/C25H29N5O/c1-4-7-20-14-23(17(2)3)24(16-31)30(20)15-18-10-12-19(13-11-18)21-8-5-6-9-22(21)25-26-28-29-27-25/h5-6,8-14,17,31H,4,7,15-16H2,1-3H3,(H,26,27,28,29). The lowest BCUT2D eigenvalue weighted by atomic mass is 9.98. The van der Waals surface area contributed by atoms with Gasteiger partial charge in [-0.15, -0.1) is 10.2 Å². The van der Waals surface area contributed by atoms with Crippen LogP contribution in [0.4, 0.5) is 0 Å². The minimum atomic E-state index is 0.0629. The molecule has 0 spiro atoms. The third kappa shape index (κ3) is 4.30. The summed E-state index contributed by atoms with van der Waals surface area (Å²) in [7, 11) is 0. The average molecular weight is 416 g/mol. The summed E-state index contributed by atoms with van der Waals surface area (Å²) in [5.74, 6) is 0.980. The van der Waals surface area contributed by atoms with Crippen LogP contribution in [-0.2, 0) is 19.6 Å². The highest BCUT2D eigenvalue weighted by Gasteiger charge is 2.17. The van der Waals surface area contributed by atoms with Gasteiger partial charge in [-0.05, 0) is 45.9 Å². The fourth-order valence-electron chi connectivity index (χ4n) is 4.18. The van der Waals surface area contributed by atoms with Crippen molar-refractivity contribution in [3.8, 4) is 22.5 Å². The topological polar surface area (TPSA) is 79.6 Å². The van der Waals surface area contributed by atoms with Gasteiger partial charge in [0.15, 0.2) is 0 Å². The predicted molar refractivity (Wildman–Crippen MR) is 123 cm³/mol. The second-order valence-corrected chi connectivity index (χ2v) is 8.16. The summed E-state index contributed by atoms with van der Waals surface area (Å²) >= 11 is 0. The largest absolute Gasteiger partial charge is 0.390 e. The number of aromatic amines is 1. The molecule has 0 aliphatic rings. The average Bonchev–Trinajstić information content (AvgIpc) is 3.43. The SMILES string of the molecule is CCCc1cc(C(C)C)c(CO)n1Cc1ccc(-c2ccccc2-c2nn[nH]n2)cc1. The van der Waals surface area contributed by atoms with E-state index in [1.165, 1.54) is 16.8 Å². The smallest absolute Gasteiger partial charge is 0.205 e. The molecule has 0 aliphatic heterocycles. The van der Waals surface area contributed by atoms with Gasteiger partial charge in [0.25, 0.3) is 0 Å². The molecule has 31 heavy (non-hydrogen) atoms. The molecule has 6 nitrogen and oxygen atoms in total. The summed E-state index contributed by atoms with van der Waals surface area (Å²) in [4.78, 5) is 0. The molecule has 0 atom stereocenters. The van der Waals surface area contributed by atoms with Gasteiger partial charge in [-0.1, -0.05) is 75.7 Å². The summed E-state index contributed by atoms with van der Waals surface area (Å²) in [5.41, 5.74) is 7.91. The number of tetrazole rings is 1. The molecule has 4 rings (SSSR count). The molecule has 160 valence electrons. The van der Waals surface area contributed by atoms with Crippen molar-refractivity contribution < 1.29 is 5.11 Å². The summed E-state index contributed by atoms with van der Waals surface area (Å²) in [5, 5.41) is 24.6. The Morgan fingerprint density at radius 1 is 1.03 bits per heavy atom. The van der Waals surface area contributed by atoms with E-state index in [9.17, 15) is 5.11 Å². The van der Waals surface area contributed by atoms with Crippen LogP contribution < -0.4 is 0 Å². The molecule has 0 aliphatic carbocycles. The number of aliphatic hydroxyl groups is 1. The van der Waals surface area contributed by atoms with Crippen LogP contribution in [0, 0.1) is 0 Å². The number of hydrogen-bond acceptors (Lipinski definition) is 4. The molecule has 2 heterocycles. The molecule has 0 fully saturated rings. The molecular formula is C25H29N5O. The molecule has 6 heteroatoms. The summed E-state index contributed by atoms with van der Waals surface area (Å²) < 4.78 is 2.29. The Morgan fingerprint density at radius 2 is 1.77 bits per heavy atom. The zero-order valence-electron chi connectivity index (χ0n) is 18.3. The molecular weight excluding hydrogens is 386 g/mol. The summed E-state index contributed by atoms with van der Waals surface area (Å²) in [6.07, 6.45) is 2.09. The van der Waals surface area contributed by atoms with Crippen LogP contribution in [0.2, 0.25) is 0 Å². The van der Waals surface area contributed by atoms with Crippen LogP contribution in [0.1, 0.15) is 55.6 Å². The predicted octanol–water partition coefficient (Wildman–Crippen LogP) is 4.95. The Hall–Kier alpha value is -3.25. The monoisotopic (exact) mass is 415 g/mol. The maximum atomic E-state index is 10.1. The van der Waals surface area contributed by atoms with Gasteiger partial charge in [-0.3, -0.25) is 0 Å². The number of aliphatic hydroxyl groups excluding tert-OH is 1. The van der Waals surface area contributed by atoms with Gasteiger partial charge in [-0.2, -0.15) is 5.21 Å². The van der Waals surface area contributed by atoms with E-state index in [1.54, 1.807) is 0 Å². The van der Waals surface area contributed by atoms with E-state index in [4.69, 9.17) is 0 Å². The van der Waals surface area contributed by atoms with Gasteiger partial charge < -0.3 is 9.67 Å². The molecule has 0 bridgehead atoms. The van der Waals surface area contributed by atoms with Crippen molar-refractivity contribution in [1.82, 2.24) is 25.2 Å². The molecule has 0 radical (unpaired) electrons. The van der Waals surface area contributed by atoms with E-state index in [2.05, 4.69) is 82.4 Å². The van der Waals surface area contributed by atoms with Crippen LogP contribution in [0.25, 0.3) is 22.5 Å². The van der Waals surface area contributed by atoms with E-state index in [-0.39, 0.29) is 6.61 Å². The normalized spacial score (nSPS) is 11.4. The maximum Gasteiger partial charge on any atom is 0.205 e. The number of nitrogens with one attached hydrogen (secondary N) is 1. The van der Waals surface area contributed by atoms with Gasteiger partial charge in [0, 0.05) is 23.5 Å². The van der Waals surface area contributed by atoms with Crippen molar-refractivity contribution in [3.63, 3.8) is 0 Å². The lowest BCUT2D eigenvalue weighted by Crippen LogP contribution is -2.09. The third-order valence-corrected chi connectivity index (χ3v) is 5.72. The summed E-state index contributed by atoms with van der Waals surface area (Å²) in [6, 6.07) is 18.9. The highest BCUT2D eigenvalue weighted by atomic mass is 16.3. The lowest BCUT2D eigenvalue weighted by Gasteiger charge is -2.15. The first-order valence-electron chi connectivity index (χ1n) is 10.9. The number of benzene rings is 2. The Labute approximate surface area is 183 Å². The Bertz CT molecular complexity index is 1130. The van der Waals surface area contributed by atoms with Crippen LogP contribution in [-0.4, -0.2) is 30.3 Å². The zero-order valence-corrected chi connectivity index (χ0v) is 18.3. The second-order valence-electron chi connectivity index (χ2n) is 8.16. The number of H-pyrrole nitrogens is 1. The van der Waals surface area contributed by atoms with Gasteiger partial charge >= 0.3 is 0 Å². The quantitative estimate of drug-likeness (QED) is 0.427. The fraction of sp³-hybridized carbons (Fsp3) is 0.320. The maximum absolute atomic E-state index is 10.1.